The molecule has 0 radical (unpaired) electrons. The number of carbonyl (C=O) groups is 2. The Kier molecular flexibility index (Phi) is 11.0. The van der Waals surface area contributed by atoms with E-state index in [9.17, 15) is 14.2 Å². The smallest absolute Gasteiger partial charge is 0.343 e. The van der Waals surface area contributed by atoms with Gasteiger partial charge in [0, 0.05) is 20.8 Å². The van der Waals surface area contributed by atoms with Crippen LogP contribution in [0.5, 0.6) is 0 Å². The molecular weight excluding hydrogens is 491 g/mol. The molecule has 0 fully saturated rings. The van der Waals surface area contributed by atoms with Gasteiger partial charge in [-0.15, -0.1) is 0 Å². The highest BCUT2D eigenvalue weighted by atomic mass is 31.2. The van der Waals surface area contributed by atoms with Crippen LogP contribution in [0.3, 0.4) is 0 Å². The first-order valence-corrected chi connectivity index (χ1v) is 13.7. The van der Waals surface area contributed by atoms with E-state index in [1.807, 2.05) is 84.9 Å². The summed E-state index contributed by atoms with van der Waals surface area (Å²) in [7, 11) is -0.780. The van der Waals surface area contributed by atoms with Gasteiger partial charge in [-0.05, 0) is 28.7 Å². The monoisotopic (exact) mass is 524 g/mol. The Bertz CT molecular complexity index is 1160. The molecule has 3 aromatic rings. The van der Waals surface area contributed by atoms with Gasteiger partial charge in [-0.2, -0.15) is 0 Å². The van der Waals surface area contributed by atoms with Crippen molar-refractivity contribution in [3.63, 3.8) is 0 Å². The van der Waals surface area contributed by atoms with Crippen LogP contribution in [0.2, 0.25) is 0 Å². The normalized spacial score (nSPS) is 12.1. The van der Waals surface area contributed by atoms with E-state index >= 15 is 0 Å². The number of hydrogen-bond donors (Lipinski definition) is 2. The zero-order valence-corrected chi connectivity index (χ0v) is 22.0. The lowest BCUT2D eigenvalue weighted by molar-refractivity contribution is -0.144. The van der Waals surface area contributed by atoms with Crippen LogP contribution >= 0.6 is 7.60 Å². The van der Waals surface area contributed by atoms with Crippen molar-refractivity contribution >= 4 is 19.5 Å². The largest absolute Gasteiger partial charge is 0.461 e. The lowest BCUT2D eigenvalue weighted by Gasteiger charge is -2.21. The van der Waals surface area contributed by atoms with Gasteiger partial charge in [0.15, 0.2) is 0 Å². The molecule has 1 amide bonds. The maximum atomic E-state index is 13.0. The number of hydrogen-bond acceptors (Lipinski definition) is 7. The van der Waals surface area contributed by atoms with Crippen LogP contribution < -0.4 is 10.6 Å². The molecule has 0 aliphatic carbocycles. The summed E-state index contributed by atoms with van der Waals surface area (Å²) < 4.78 is 27.8. The van der Waals surface area contributed by atoms with Crippen molar-refractivity contribution in [3.8, 4) is 11.1 Å². The van der Waals surface area contributed by atoms with Crippen molar-refractivity contribution in [1.82, 2.24) is 10.6 Å². The predicted molar refractivity (Wildman–Crippen MR) is 143 cm³/mol. The Labute approximate surface area is 217 Å². The number of nitrogens with one attached hydrogen (secondary N) is 2. The molecule has 0 spiro atoms. The number of amides is 1. The first-order chi connectivity index (χ1) is 17.9. The van der Waals surface area contributed by atoms with Gasteiger partial charge >= 0.3 is 13.6 Å². The van der Waals surface area contributed by atoms with Crippen molar-refractivity contribution in [2.75, 3.05) is 27.1 Å². The Balaban J connectivity index is 1.58. The molecule has 0 saturated carbocycles. The fourth-order valence-electron chi connectivity index (χ4n) is 3.60. The van der Waals surface area contributed by atoms with Crippen LogP contribution in [0.1, 0.15) is 17.5 Å². The van der Waals surface area contributed by atoms with Crippen molar-refractivity contribution in [3.05, 3.63) is 96.1 Å². The second-order valence-corrected chi connectivity index (χ2v) is 10.6. The highest BCUT2D eigenvalue weighted by Crippen LogP contribution is 2.44. The number of rotatable bonds is 14. The van der Waals surface area contributed by atoms with Gasteiger partial charge in [-0.25, -0.2) is 0 Å². The average Bonchev–Trinajstić information content (AvgIpc) is 2.95. The summed E-state index contributed by atoms with van der Waals surface area (Å²) in [6, 6.07) is 26.6. The fourth-order valence-corrected chi connectivity index (χ4v) is 4.46. The van der Waals surface area contributed by atoms with Gasteiger partial charge < -0.3 is 19.1 Å². The molecule has 196 valence electrons. The minimum atomic E-state index is -3.37. The van der Waals surface area contributed by atoms with Gasteiger partial charge in [-0.3, -0.25) is 19.5 Å². The number of esters is 1. The average molecular weight is 525 g/mol. The number of benzene rings is 3. The number of ether oxygens (including phenoxy) is 1. The van der Waals surface area contributed by atoms with Crippen LogP contribution in [0.25, 0.3) is 11.1 Å². The van der Waals surface area contributed by atoms with E-state index in [-0.39, 0.29) is 31.8 Å². The van der Waals surface area contributed by atoms with Crippen molar-refractivity contribution < 1.29 is 27.9 Å². The molecule has 37 heavy (non-hydrogen) atoms. The molecule has 1 atom stereocenters. The summed E-state index contributed by atoms with van der Waals surface area (Å²) in [5.74, 6) is -0.741. The Hall–Kier alpha value is -3.29. The van der Waals surface area contributed by atoms with Crippen LogP contribution in [0, 0.1) is 0 Å². The summed E-state index contributed by atoms with van der Waals surface area (Å²) in [5.41, 5.74) is 3.97. The van der Waals surface area contributed by atoms with Gasteiger partial charge in [0.05, 0.1) is 18.7 Å². The Morgan fingerprint density at radius 2 is 1.41 bits per heavy atom. The molecule has 3 aromatic carbocycles. The minimum absolute atomic E-state index is 0.0334. The maximum Gasteiger partial charge on any atom is 0.343 e. The molecule has 0 unspecified atom stereocenters. The number of carbonyl (C=O) groups excluding carboxylic acids is 2. The van der Waals surface area contributed by atoms with Crippen LogP contribution in [0.4, 0.5) is 0 Å². The van der Waals surface area contributed by atoms with Crippen LogP contribution in [-0.2, 0) is 41.0 Å². The summed E-state index contributed by atoms with van der Waals surface area (Å²) in [6.07, 6.45) is 0.234. The highest BCUT2D eigenvalue weighted by Gasteiger charge is 2.26. The van der Waals surface area contributed by atoms with Gasteiger partial charge in [0.2, 0.25) is 5.91 Å². The van der Waals surface area contributed by atoms with E-state index in [1.165, 1.54) is 14.2 Å². The summed E-state index contributed by atoms with van der Waals surface area (Å²) in [5, 5.41) is 5.77. The Morgan fingerprint density at radius 3 is 2.03 bits per heavy atom. The van der Waals surface area contributed by atoms with Crippen molar-refractivity contribution in [1.29, 1.82) is 0 Å². The molecule has 0 aromatic heterocycles. The van der Waals surface area contributed by atoms with Gasteiger partial charge in [0.1, 0.15) is 6.61 Å². The van der Waals surface area contributed by atoms with Crippen LogP contribution in [-0.4, -0.2) is 45.0 Å². The zero-order chi connectivity index (χ0) is 26.5. The molecule has 8 nitrogen and oxygen atoms in total. The first-order valence-electron chi connectivity index (χ1n) is 12.0. The molecule has 3 rings (SSSR count). The Morgan fingerprint density at radius 1 is 0.811 bits per heavy atom. The van der Waals surface area contributed by atoms with E-state index in [2.05, 4.69) is 10.6 Å². The second-order valence-electron chi connectivity index (χ2n) is 8.35. The molecule has 0 bridgehead atoms. The maximum absolute atomic E-state index is 13.0. The minimum Gasteiger partial charge on any atom is -0.461 e. The summed E-state index contributed by atoms with van der Waals surface area (Å²) in [6.45, 7) is 0.296. The van der Waals surface area contributed by atoms with Crippen molar-refractivity contribution in [2.45, 2.75) is 25.5 Å². The standard InChI is InChI=1S/C28H33N2O6P/c1-34-37(33,35-2)21-30-26(19-22-13-15-25(16-14-22)24-11-7-4-8-12-24)28(32)29-18-17-27(31)36-20-23-9-5-3-6-10-23/h3-16,26,30H,17-21H2,1-2H3,(H,29,32)/t26-/m0/s1. The zero-order valence-electron chi connectivity index (χ0n) is 21.1. The lowest BCUT2D eigenvalue weighted by atomic mass is 10.0. The molecular formula is C28H33N2O6P. The van der Waals surface area contributed by atoms with E-state index in [0.717, 1.165) is 22.3 Å². The second kappa shape index (κ2) is 14.4. The van der Waals surface area contributed by atoms with Gasteiger partial charge in [-0.1, -0.05) is 84.9 Å². The third kappa shape index (κ3) is 9.26. The lowest BCUT2D eigenvalue weighted by Crippen LogP contribution is -2.46. The van der Waals surface area contributed by atoms with Crippen LogP contribution in [0.15, 0.2) is 84.9 Å². The van der Waals surface area contributed by atoms with Crippen molar-refractivity contribution in [2.24, 2.45) is 0 Å². The highest BCUT2D eigenvalue weighted by molar-refractivity contribution is 7.53. The SMILES string of the molecule is COP(=O)(CN[C@@H](Cc1ccc(-c2ccccc2)cc1)C(=O)NCCC(=O)OCc1ccccc1)OC. The quantitative estimate of drug-likeness (QED) is 0.236. The van der Waals surface area contributed by atoms with E-state index in [4.69, 9.17) is 13.8 Å². The third-order valence-corrected chi connectivity index (χ3v) is 7.46. The molecule has 9 heteroatoms. The van der Waals surface area contributed by atoms with E-state index in [0.29, 0.717) is 6.42 Å². The first kappa shape index (κ1) is 28.3. The summed E-state index contributed by atoms with van der Waals surface area (Å²) in [4.78, 5) is 25.1. The van der Waals surface area contributed by atoms with E-state index < -0.39 is 19.6 Å². The van der Waals surface area contributed by atoms with E-state index in [1.54, 1.807) is 0 Å². The van der Waals surface area contributed by atoms with Gasteiger partial charge in [0.25, 0.3) is 0 Å². The fraction of sp³-hybridized carbons (Fsp3) is 0.286. The predicted octanol–water partition coefficient (Wildman–Crippen LogP) is 4.55. The molecule has 0 heterocycles. The summed E-state index contributed by atoms with van der Waals surface area (Å²) >= 11 is 0. The topological polar surface area (TPSA) is 103 Å². The third-order valence-electron chi connectivity index (χ3n) is 5.78. The molecule has 0 saturated heterocycles. The molecule has 0 aliphatic heterocycles. The molecule has 0 aliphatic rings. The molecule has 2 N–H and O–H groups in total.